The van der Waals surface area contributed by atoms with Gasteiger partial charge in [0.2, 0.25) is 5.91 Å². The number of piperazine rings is 1. The molecular weight excluding hydrogens is 318 g/mol. The minimum atomic E-state index is 0.190. The summed E-state index contributed by atoms with van der Waals surface area (Å²) in [6, 6.07) is 0. The second-order valence-corrected chi connectivity index (χ2v) is 7.84. The van der Waals surface area contributed by atoms with Gasteiger partial charge in [-0.25, -0.2) is 0 Å². The van der Waals surface area contributed by atoms with E-state index in [1.54, 1.807) is 6.92 Å². The molecule has 0 aromatic heterocycles. The van der Waals surface area contributed by atoms with Crippen molar-refractivity contribution in [3.63, 3.8) is 0 Å². The van der Waals surface area contributed by atoms with Crippen molar-refractivity contribution in [2.45, 2.75) is 32.0 Å². The molecule has 4 rings (SSSR count). The third-order valence-corrected chi connectivity index (χ3v) is 6.49. The molecule has 7 nitrogen and oxygen atoms in total. The summed E-state index contributed by atoms with van der Waals surface area (Å²) in [5.74, 6) is 2.64. The van der Waals surface area contributed by atoms with Crippen molar-refractivity contribution in [2.24, 2.45) is 16.8 Å². The van der Waals surface area contributed by atoms with Crippen LogP contribution >= 0.6 is 0 Å². The lowest BCUT2D eigenvalue weighted by atomic mass is 9.82. The number of fused-ring (bicyclic) bond motifs is 5. The lowest BCUT2D eigenvalue weighted by Gasteiger charge is -2.34. The van der Waals surface area contributed by atoms with E-state index >= 15 is 0 Å². The molecule has 4 atom stereocenters. The molecule has 4 aliphatic rings. The van der Waals surface area contributed by atoms with Gasteiger partial charge in [0.1, 0.15) is 0 Å². The Balaban J connectivity index is 1.21. The largest absolute Gasteiger partial charge is 0.374 e. The molecule has 4 heterocycles. The Morgan fingerprint density at radius 3 is 2.28 bits per heavy atom. The molecule has 0 spiro atoms. The number of carbonyl (C=O) groups is 1. The SMILES string of the molecule is CN=C(NCCN1CCN(C(C)=O)CC1)N1CC2C3CCC(O3)C2C1. The first kappa shape index (κ1) is 17.1. The molecule has 4 aliphatic heterocycles. The summed E-state index contributed by atoms with van der Waals surface area (Å²) in [7, 11) is 1.88. The first-order valence-electron chi connectivity index (χ1n) is 9.74. The Hall–Kier alpha value is -1.34. The van der Waals surface area contributed by atoms with Crippen LogP contribution in [0.4, 0.5) is 0 Å². The average Bonchev–Trinajstić information content (AvgIpc) is 3.32. The molecule has 140 valence electrons. The normalized spacial score (nSPS) is 35.4. The standard InChI is InChI=1S/C18H31N5O2/c1-13(24)22-9-7-21(8-10-22)6-5-20-18(19-2)23-11-14-15(12-23)17-4-3-16(14)25-17/h14-17H,3-12H2,1-2H3,(H,19,20). The molecule has 1 N–H and O–H groups in total. The van der Waals surface area contributed by atoms with Gasteiger partial charge >= 0.3 is 0 Å². The van der Waals surface area contributed by atoms with E-state index in [0.717, 1.165) is 58.3 Å². The van der Waals surface area contributed by atoms with E-state index in [2.05, 4.69) is 20.1 Å². The Labute approximate surface area is 150 Å². The highest BCUT2D eigenvalue weighted by atomic mass is 16.5. The number of likely N-dealkylation sites (tertiary alicyclic amines) is 1. The second kappa shape index (κ2) is 7.11. The number of carbonyl (C=O) groups excluding carboxylic acids is 1. The zero-order valence-corrected chi connectivity index (χ0v) is 15.5. The first-order valence-corrected chi connectivity index (χ1v) is 9.74. The van der Waals surface area contributed by atoms with Crippen LogP contribution in [0, 0.1) is 11.8 Å². The van der Waals surface area contributed by atoms with Gasteiger partial charge < -0.3 is 19.9 Å². The van der Waals surface area contributed by atoms with Crippen LogP contribution in [0.3, 0.4) is 0 Å². The molecule has 4 fully saturated rings. The third-order valence-electron chi connectivity index (χ3n) is 6.49. The molecule has 25 heavy (non-hydrogen) atoms. The minimum absolute atomic E-state index is 0.190. The molecule has 7 heteroatoms. The Kier molecular flexibility index (Phi) is 4.86. The highest BCUT2D eigenvalue weighted by molar-refractivity contribution is 5.80. The predicted octanol–water partition coefficient (Wildman–Crippen LogP) is -0.165. The maximum Gasteiger partial charge on any atom is 0.219 e. The van der Waals surface area contributed by atoms with Crippen LogP contribution in [0.2, 0.25) is 0 Å². The molecular formula is C18H31N5O2. The smallest absolute Gasteiger partial charge is 0.219 e. The zero-order chi connectivity index (χ0) is 17.4. The van der Waals surface area contributed by atoms with E-state index < -0.39 is 0 Å². The van der Waals surface area contributed by atoms with Crippen LogP contribution in [0.5, 0.6) is 0 Å². The van der Waals surface area contributed by atoms with Crippen LogP contribution in [0.1, 0.15) is 19.8 Å². The highest BCUT2D eigenvalue weighted by Crippen LogP contribution is 2.47. The Morgan fingerprint density at radius 2 is 1.72 bits per heavy atom. The summed E-state index contributed by atoms with van der Waals surface area (Å²) in [6.45, 7) is 9.37. The quantitative estimate of drug-likeness (QED) is 0.567. The number of guanidine groups is 1. The molecule has 0 aromatic rings. The molecule has 4 saturated heterocycles. The fourth-order valence-corrected chi connectivity index (χ4v) is 5.08. The highest BCUT2D eigenvalue weighted by Gasteiger charge is 2.53. The number of nitrogens with one attached hydrogen (secondary N) is 1. The van der Waals surface area contributed by atoms with Crippen molar-refractivity contribution in [3.8, 4) is 0 Å². The lowest BCUT2D eigenvalue weighted by molar-refractivity contribution is -0.130. The van der Waals surface area contributed by atoms with E-state index in [0.29, 0.717) is 24.0 Å². The van der Waals surface area contributed by atoms with Crippen LogP contribution in [-0.4, -0.2) is 98.2 Å². The Morgan fingerprint density at radius 1 is 1.08 bits per heavy atom. The van der Waals surface area contributed by atoms with Crippen molar-refractivity contribution >= 4 is 11.9 Å². The number of nitrogens with zero attached hydrogens (tertiary/aromatic N) is 4. The van der Waals surface area contributed by atoms with Crippen molar-refractivity contribution in [1.82, 2.24) is 20.0 Å². The maximum atomic E-state index is 11.4. The minimum Gasteiger partial charge on any atom is -0.374 e. The third kappa shape index (κ3) is 3.36. The molecule has 0 aliphatic carbocycles. The lowest BCUT2D eigenvalue weighted by Crippen LogP contribution is -2.50. The molecule has 2 bridgehead atoms. The van der Waals surface area contributed by atoms with Gasteiger partial charge in [-0.05, 0) is 12.8 Å². The summed E-state index contributed by atoms with van der Waals surface area (Å²) in [5.41, 5.74) is 0. The number of rotatable bonds is 3. The van der Waals surface area contributed by atoms with Crippen molar-refractivity contribution in [2.75, 3.05) is 59.4 Å². The van der Waals surface area contributed by atoms with E-state index in [-0.39, 0.29) is 5.91 Å². The average molecular weight is 349 g/mol. The molecule has 0 radical (unpaired) electrons. The molecule has 4 unspecified atom stereocenters. The van der Waals surface area contributed by atoms with E-state index in [1.807, 2.05) is 11.9 Å². The van der Waals surface area contributed by atoms with Gasteiger partial charge in [0, 0.05) is 78.2 Å². The van der Waals surface area contributed by atoms with Crippen LogP contribution in [0.15, 0.2) is 4.99 Å². The number of hydrogen-bond acceptors (Lipinski definition) is 4. The summed E-state index contributed by atoms with van der Waals surface area (Å²) in [4.78, 5) is 22.7. The van der Waals surface area contributed by atoms with E-state index in [9.17, 15) is 4.79 Å². The number of hydrogen-bond donors (Lipinski definition) is 1. The van der Waals surface area contributed by atoms with Crippen LogP contribution in [0.25, 0.3) is 0 Å². The van der Waals surface area contributed by atoms with Gasteiger partial charge in [-0.15, -0.1) is 0 Å². The first-order chi connectivity index (χ1) is 12.2. The fraction of sp³-hybridized carbons (Fsp3) is 0.889. The van der Waals surface area contributed by atoms with Crippen LogP contribution in [-0.2, 0) is 9.53 Å². The molecule has 0 saturated carbocycles. The van der Waals surface area contributed by atoms with E-state index in [1.165, 1.54) is 12.8 Å². The molecule has 0 aromatic carbocycles. The summed E-state index contributed by atoms with van der Waals surface area (Å²) in [6.07, 6.45) is 3.49. The van der Waals surface area contributed by atoms with Crippen LogP contribution < -0.4 is 5.32 Å². The Bertz CT molecular complexity index is 514. The number of amides is 1. The summed E-state index contributed by atoms with van der Waals surface area (Å²) in [5, 5.41) is 3.54. The topological polar surface area (TPSA) is 60.4 Å². The predicted molar refractivity (Wildman–Crippen MR) is 96.5 cm³/mol. The second-order valence-electron chi connectivity index (χ2n) is 7.84. The number of ether oxygens (including phenoxy) is 1. The van der Waals surface area contributed by atoms with Gasteiger partial charge in [-0.1, -0.05) is 0 Å². The van der Waals surface area contributed by atoms with Gasteiger partial charge in [0.25, 0.3) is 0 Å². The molecule has 1 amide bonds. The number of aliphatic imine (C=N–C) groups is 1. The maximum absolute atomic E-state index is 11.4. The van der Waals surface area contributed by atoms with E-state index in [4.69, 9.17) is 4.74 Å². The van der Waals surface area contributed by atoms with Gasteiger partial charge in [0.15, 0.2) is 5.96 Å². The summed E-state index contributed by atoms with van der Waals surface area (Å²) >= 11 is 0. The van der Waals surface area contributed by atoms with Crippen molar-refractivity contribution in [3.05, 3.63) is 0 Å². The van der Waals surface area contributed by atoms with Gasteiger partial charge in [-0.3, -0.25) is 14.7 Å². The van der Waals surface area contributed by atoms with Crippen molar-refractivity contribution < 1.29 is 9.53 Å². The monoisotopic (exact) mass is 349 g/mol. The van der Waals surface area contributed by atoms with Gasteiger partial charge in [-0.2, -0.15) is 0 Å². The van der Waals surface area contributed by atoms with Crippen molar-refractivity contribution in [1.29, 1.82) is 0 Å². The fourth-order valence-electron chi connectivity index (χ4n) is 5.08. The zero-order valence-electron chi connectivity index (χ0n) is 15.5. The summed E-state index contributed by atoms with van der Waals surface area (Å²) < 4.78 is 6.07. The van der Waals surface area contributed by atoms with Gasteiger partial charge in [0.05, 0.1) is 12.2 Å².